The van der Waals surface area contributed by atoms with Crippen LogP contribution in [0.25, 0.3) is 22.4 Å². The third kappa shape index (κ3) is 4.36. The molecule has 0 fully saturated rings. The van der Waals surface area contributed by atoms with Crippen LogP contribution in [0.1, 0.15) is 0 Å². The number of anilines is 1. The van der Waals surface area contributed by atoms with Crippen molar-refractivity contribution in [3.05, 3.63) is 48.5 Å². The van der Waals surface area contributed by atoms with E-state index in [1.165, 1.54) is 0 Å². The number of imidazole rings is 1. The van der Waals surface area contributed by atoms with E-state index in [-0.39, 0.29) is 0 Å². The third-order valence-corrected chi connectivity index (χ3v) is 3.34. The van der Waals surface area contributed by atoms with E-state index in [1.807, 2.05) is 24.3 Å². The van der Waals surface area contributed by atoms with Crippen molar-refractivity contribution in [2.45, 2.75) is 6.18 Å². The molecule has 0 aliphatic heterocycles. The summed E-state index contributed by atoms with van der Waals surface area (Å²) in [5.41, 5.74) is 2.67. The lowest BCUT2D eigenvalue weighted by molar-refractivity contribution is -0.174. The number of H-pyrrole nitrogens is 1. The van der Waals surface area contributed by atoms with E-state index in [0.29, 0.717) is 17.1 Å². The Morgan fingerprint density at radius 3 is 2.60 bits per heavy atom. The minimum Gasteiger partial charge on any atom is -0.362 e. The average molecular weight is 349 g/mol. The van der Waals surface area contributed by atoms with Crippen LogP contribution in [0.15, 0.2) is 48.5 Å². The van der Waals surface area contributed by atoms with Crippen LogP contribution in [-0.4, -0.2) is 35.3 Å². The number of halogens is 3. The van der Waals surface area contributed by atoms with Gasteiger partial charge in [0.1, 0.15) is 19.0 Å². The number of aromatic amines is 1. The molecule has 1 heterocycles. The van der Waals surface area contributed by atoms with Crippen molar-refractivity contribution in [1.82, 2.24) is 9.97 Å². The maximum atomic E-state index is 12.1. The molecule has 5 nitrogen and oxygen atoms in total. The Bertz CT molecular complexity index is 857. The number of hydrogen-bond donors (Lipinski definition) is 2. The molecule has 130 valence electrons. The van der Waals surface area contributed by atoms with Crippen LogP contribution in [0.5, 0.6) is 0 Å². The number of amides is 1. The molecule has 3 rings (SSSR count). The largest absolute Gasteiger partial charge is 0.411 e. The zero-order valence-corrected chi connectivity index (χ0v) is 12.9. The molecule has 1 amide bonds. The number of nitrogens with zero attached hydrogens (tertiary/aromatic N) is 1. The fourth-order valence-electron chi connectivity index (χ4n) is 2.32. The van der Waals surface area contributed by atoms with Crippen LogP contribution >= 0.6 is 0 Å². The fraction of sp³-hybridized carbons (Fsp3) is 0.176. The minimum absolute atomic E-state index is 0.433. The predicted molar refractivity (Wildman–Crippen MR) is 87.0 cm³/mol. The average Bonchev–Trinajstić information content (AvgIpc) is 2.98. The molecule has 3 aromatic rings. The van der Waals surface area contributed by atoms with Gasteiger partial charge in [-0.2, -0.15) is 13.2 Å². The molecule has 0 saturated carbocycles. The van der Waals surface area contributed by atoms with Gasteiger partial charge in [0.2, 0.25) is 5.91 Å². The van der Waals surface area contributed by atoms with Gasteiger partial charge in [0.25, 0.3) is 0 Å². The second-order valence-corrected chi connectivity index (χ2v) is 5.30. The molecule has 0 radical (unpaired) electrons. The number of carbonyl (C=O) groups excluding carboxylic acids is 1. The highest BCUT2D eigenvalue weighted by molar-refractivity contribution is 5.96. The van der Waals surface area contributed by atoms with Crippen molar-refractivity contribution in [2.75, 3.05) is 18.5 Å². The number of benzene rings is 2. The number of alkyl halides is 3. The first-order valence-corrected chi connectivity index (χ1v) is 7.41. The minimum atomic E-state index is -4.47. The summed E-state index contributed by atoms with van der Waals surface area (Å²) < 4.78 is 40.5. The quantitative estimate of drug-likeness (QED) is 0.737. The molecule has 0 bridgehead atoms. The van der Waals surface area contributed by atoms with Gasteiger partial charge in [-0.05, 0) is 24.3 Å². The van der Waals surface area contributed by atoms with Crippen LogP contribution in [0.3, 0.4) is 0 Å². The molecule has 0 unspecified atom stereocenters. The van der Waals surface area contributed by atoms with Gasteiger partial charge in [-0.3, -0.25) is 4.79 Å². The number of aromatic nitrogens is 2. The number of para-hydroxylation sites is 3. The zero-order chi connectivity index (χ0) is 17.9. The van der Waals surface area contributed by atoms with Gasteiger partial charge in [0.15, 0.2) is 0 Å². The molecule has 25 heavy (non-hydrogen) atoms. The smallest absolute Gasteiger partial charge is 0.362 e. The van der Waals surface area contributed by atoms with Crippen molar-refractivity contribution < 1.29 is 22.7 Å². The number of fused-ring (bicyclic) bond motifs is 1. The summed E-state index contributed by atoms with van der Waals surface area (Å²) in [6, 6.07) is 14.3. The van der Waals surface area contributed by atoms with E-state index >= 15 is 0 Å². The van der Waals surface area contributed by atoms with Gasteiger partial charge in [-0.15, -0.1) is 0 Å². The Morgan fingerprint density at radius 2 is 1.84 bits per heavy atom. The summed E-state index contributed by atoms with van der Waals surface area (Å²) in [4.78, 5) is 19.4. The standard InChI is InChI=1S/C17H14F3N3O2/c18-17(19,20)10-25-9-15(24)21-12-6-2-1-5-11(12)16-22-13-7-3-4-8-14(13)23-16/h1-8H,9-10H2,(H,21,24)(H,22,23). The summed E-state index contributed by atoms with van der Waals surface area (Å²) in [5.74, 6) is -0.124. The van der Waals surface area contributed by atoms with Gasteiger partial charge < -0.3 is 15.0 Å². The topological polar surface area (TPSA) is 67.0 Å². The van der Waals surface area contributed by atoms with Gasteiger partial charge in [0, 0.05) is 5.56 Å². The van der Waals surface area contributed by atoms with Crippen LogP contribution in [-0.2, 0) is 9.53 Å². The number of carbonyl (C=O) groups is 1. The summed E-state index contributed by atoms with van der Waals surface area (Å²) in [5, 5.41) is 2.55. The molecule has 0 atom stereocenters. The van der Waals surface area contributed by atoms with Crippen molar-refractivity contribution >= 4 is 22.6 Å². The number of ether oxygens (including phenoxy) is 1. The van der Waals surface area contributed by atoms with E-state index < -0.39 is 25.3 Å². The van der Waals surface area contributed by atoms with Gasteiger partial charge in [0.05, 0.1) is 16.7 Å². The highest BCUT2D eigenvalue weighted by Crippen LogP contribution is 2.27. The molecule has 0 aliphatic carbocycles. The summed E-state index contributed by atoms with van der Waals surface area (Å²) >= 11 is 0. The van der Waals surface area contributed by atoms with E-state index in [1.54, 1.807) is 24.3 Å². The normalized spacial score (nSPS) is 11.6. The first-order valence-electron chi connectivity index (χ1n) is 7.41. The zero-order valence-electron chi connectivity index (χ0n) is 12.9. The van der Waals surface area contributed by atoms with Gasteiger partial charge in [-0.25, -0.2) is 4.98 Å². The van der Waals surface area contributed by atoms with Crippen molar-refractivity contribution in [1.29, 1.82) is 0 Å². The molecule has 2 aromatic carbocycles. The Balaban J connectivity index is 1.76. The van der Waals surface area contributed by atoms with E-state index in [2.05, 4.69) is 20.0 Å². The Hall–Kier alpha value is -2.87. The summed E-state index contributed by atoms with van der Waals surface area (Å²) in [7, 11) is 0. The predicted octanol–water partition coefficient (Wildman–Crippen LogP) is 3.75. The van der Waals surface area contributed by atoms with Crippen LogP contribution in [0, 0.1) is 0 Å². The SMILES string of the molecule is O=C(COCC(F)(F)F)Nc1ccccc1-c1nc2ccccc2[nH]1. The molecule has 0 aliphatic rings. The molecule has 0 saturated heterocycles. The van der Waals surface area contributed by atoms with Crippen molar-refractivity contribution in [3.8, 4) is 11.4 Å². The van der Waals surface area contributed by atoms with Crippen LogP contribution in [0.4, 0.5) is 18.9 Å². The van der Waals surface area contributed by atoms with Crippen molar-refractivity contribution in [3.63, 3.8) is 0 Å². The van der Waals surface area contributed by atoms with Crippen molar-refractivity contribution in [2.24, 2.45) is 0 Å². The fourth-order valence-corrected chi connectivity index (χ4v) is 2.32. The molecule has 1 aromatic heterocycles. The van der Waals surface area contributed by atoms with Crippen LogP contribution in [0.2, 0.25) is 0 Å². The maximum absolute atomic E-state index is 12.1. The highest BCUT2D eigenvalue weighted by Gasteiger charge is 2.27. The monoisotopic (exact) mass is 349 g/mol. The first kappa shape index (κ1) is 17.0. The number of hydrogen-bond acceptors (Lipinski definition) is 3. The van der Waals surface area contributed by atoms with Gasteiger partial charge in [-0.1, -0.05) is 24.3 Å². The summed E-state index contributed by atoms with van der Waals surface area (Å²) in [6.07, 6.45) is -4.47. The Kier molecular flexibility index (Phi) is 4.71. The highest BCUT2D eigenvalue weighted by atomic mass is 19.4. The van der Waals surface area contributed by atoms with E-state index in [4.69, 9.17) is 0 Å². The lowest BCUT2D eigenvalue weighted by atomic mass is 10.1. The van der Waals surface area contributed by atoms with Gasteiger partial charge >= 0.3 is 6.18 Å². The second-order valence-electron chi connectivity index (χ2n) is 5.30. The molecule has 2 N–H and O–H groups in total. The maximum Gasteiger partial charge on any atom is 0.411 e. The second kappa shape index (κ2) is 6.94. The molecule has 8 heteroatoms. The Labute approximate surface area is 140 Å². The summed E-state index contributed by atoms with van der Waals surface area (Å²) in [6.45, 7) is -2.15. The first-order chi connectivity index (χ1) is 11.9. The Morgan fingerprint density at radius 1 is 1.12 bits per heavy atom. The van der Waals surface area contributed by atoms with E-state index in [9.17, 15) is 18.0 Å². The number of nitrogens with one attached hydrogen (secondary N) is 2. The molecular weight excluding hydrogens is 335 g/mol. The molecule has 0 spiro atoms. The lowest BCUT2D eigenvalue weighted by Gasteiger charge is -2.10. The van der Waals surface area contributed by atoms with E-state index in [0.717, 1.165) is 11.0 Å². The van der Waals surface area contributed by atoms with Crippen LogP contribution < -0.4 is 5.32 Å². The number of rotatable bonds is 5. The lowest BCUT2D eigenvalue weighted by Crippen LogP contribution is -2.24. The molecular formula is C17H14F3N3O2. The third-order valence-electron chi connectivity index (χ3n) is 3.34.